The van der Waals surface area contributed by atoms with E-state index in [0.717, 1.165) is 4.47 Å². The molecule has 0 bridgehead atoms. The van der Waals surface area contributed by atoms with E-state index in [-0.39, 0.29) is 28.5 Å². The van der Waals surface area contributed by atoms with Gasteiger partial charge < -0.3 is 14.6 Å². The molecule has 1 heterocycles. The van der Waals surface area contributed by atoms with Crippen LogP contribution in [0.25, 0.3) is 0 Å². The minimum atomic E-state index is -4.82. The molecular weight excluding hydrogens is 520 g/mol. The summed E-state index contributed by atoms with van der Waals surface area (Å²) in [5, 5.41) is 9.25. The van der Waals surface area contributed by atoms with Crippen molar-refractivity contribution in [3.63, 3.8) is 0 Å². The van der Waals surface area contributed by atoms with Crippen molar-refractivity contribution in [3.8, 4) is 17.2 Å². The van der Waals surface area contributed by atoms with E-state index < -0.39 is 24.2 Å². The van der Waals surface area contributed by atoms with Crippen LogP contribution >= 0.6 is 43.5 Å². The molecule has 2 aromatic carbocycles. The molecule has 2 unspecified atom stereocenters. The standard InChI is InChI=1S/C17H10Br2ClF3O4/c18-10-2-1-8(5-11(10)19)26-14-6-13-7(4-12(14)20)3-9(16(24)25)15(27-13)17(21,22)23/h1-2,4-6,9,15H,3H2,(H,24,25). The van der Waals surface area contributed by atoms with Crippen LogP contribution in [0.4, 0.5) is 13.2 Å². The van der Waals surface area contributed by atoms with Crippen molar-refractivity contribution in [1.29, 1.82) is 0 Å². The van der Waals surface area contributed by atoms with Crippen molar-refractivity contribution in [2.75, 3.05) is 0 Å². The number of ether oxygens (including phenoxy) is 2. The SMILES string of the molecule is O=C(O)C1Cc2cc(Cl)c(Oc3ccc(Br)c(Br)c3)cc2OC1C(F)(F)F. The zero-order valence-electron chi connectivity index (χ0n) is 13.2. The van der Waals surface area contributed by atoms with E-state index in [4.69, 9.17) is 26.2 Å². The highest BCUT2D eigenvalue weighted by Crippen LogP contribution is 2.43. The molecule has 2 atom stereocenters. The minimum absolute atomic E-state index is 0.0966. The van der Waals surface area contributed by atoms with E-state index in [1.807, 2.05) is 0 Å². The quantitative estimate of drug-likeness (QED) is 0.512. The Balaban J connectivity index is 1.95. The van der Waals surface area contributed by atoms with Gasteiger partial charge in [-0.15, -0.1) is 0 Å². The number of fused-ring (bicyclic) bond motifs is 1. The zero-order valence-corrected chi connectivity index (χ0v) is 17.1. The molecule has 0 amide bonds. The number of benzene rings is 2. The molecule has 10 heteroatoms. The summed E-state index contributed by atoms with van der Waals surface area (Å²) in [4.78, 5) is 11.2. The van der Waals surface area contributed by atoms with E-state index in [1.165, 1.54) is 12.1 Å². The van der Waals surface area contributed by atoms with Gasteiger partial charge in [0, 0.05) is 15.0 Å². The number of hydrogen-bond donors (Lipinski definition) is 1. The Labute approximate surface area is 173 Å². The fourth-order valence-corrected chi connectivity index (χ4v) is 3.49. The molecule has 1 aliphatic heterocycles. The van der Waals surface area contributed by atoms with E-state index in [9.17, 15) is 18.0 Å². The van der Waals surface area contributed by atoms with Crippen LogP contribution in [0, 0.1) is 5.92 Å². The Bertz CT molecular complexity index is 904. The van der Waals surface area contributed by atoms with Gasteiger partial charge in [-0.1, -0.05) is 11.6 Å². The normalized spacial score (nSPS) is 19.2. The second kappa shape index (κ2) is 7.52. The summed E-state index contributed by atoms with van der Waals surface area (Å²) in [6, 6.07) is 7.62. The van der Waals surface area contributed by atoms with E-state index in [1.54, 1.807) is 18.2 Å². The van der Waals surface area contributed by atoms with Crippen LogP contribution in [0.2, 0.25) is 5.02 Å². The van der Waals surface area contributed by atoms with Crippen LogP contribution < -0.4 is 9.47 Å². The molecule has 1 aliphatic rings. The molecule has 2 aromatic rings. The van der Waals surface area contributed by atoms with Crippen molar-refractivity contribution in [2.45, 2.75) is 18.7 Å². The van der Waals surface area contributed by atoms with Crippen molar-refractivity contribution in [1.82, 2.24) is 0 Å². The van der Waals surface area contributed by atoms with Gasteiger partial charge in [0.25, 0.3) is 0 Å². The summed E-state index contributed by atoms with van der Waals surface area (Å²) >= 11 is 12.8. The number of aliphatic carboxylic acids is 1. The highest BCUT2D eigenvalue weighted by Gasteiger charge is 2.52. The smallest absolute Gasteiger partial charge is 0.426 e. The van der Waals surface area contributed by atoms with Gasteiger partial charge in [-0.25, -0.2) is 0 Å². The zero-order chi connectivity index (χ0) is 19.9. The molecule has 0 saturated heterocycles. The summed E-state index contributed by atoms with van der Waals surface area (Å²) in [6.07, 6.45) is -7.62. The molecule has 0 aliphatic carbocycles. The van der Waals surface area contributed by atoms with Crippen LogP contribution in [0.15, 0.2) is 39.3 Å². The lowest BCUT2D eigenvalue weighted by Gasteiger charge is -2.32. The molecule has 4 nitrogen and oxygen atoms in total. The average Bonchev–Trinajstić information content (AvgIpc) is 2.57. The fourth-order valence-electron chi connectivity index (χ4n) is 2.67. The maximum atomic E-state index is 13.2. The second-order valence-electron chi connectivity index (χ2n) is 5.80. The number of hydrogen-bond acceptors (Lipinski definition) is 3. The molecule has 1 N–H and O–H groups in total. The molecule has 27 heavy (non-hydrogen) atoms. The number of alkyl halides is 3. The molecule has 3 rings (SSSR count). The predicted octanol–water partition coefficient (Wildman–Crippen LogP) is 6.22. The van der Waals surface area contributed by atoms with Gasteiger partial charge in [0.15, 0.2) is 0 Å². The molecule has 144 valence electrons. The lowest BCUT2D eigenvalue weighted by molar-refractivity contribution is -0.217. The van der Waals surface area contributed by atoms with Crippen molar-refractivity contribution >= 4 is 49.4 Å². The molecule has 0 saturated carbocycles. The molecule has 0 radical (unpaired) electrons. The van der Waals surface area contributed by atoms with Gasteiger partial charge in [0.1, 0.15) is 23.2 Å². The first kappa shape index (κ1) is 20.3. The van der Waals surface area contributed by atoms with Crippen LogP contribution in [0.1, 0.15) is 5.56 Å². The highest BCUT2D eigenvalue weighted by molar-refractivity contribution is 9.13. The van der Waals surface area contributed by atoms with Gasteiger partial charge >= 0.3 is 12.1 Å². The van der Waals surface area contributed by atoms with Gasteiger partial charge in [-0.2, -0.15) is 13.2 Å². The maximum Gasteiger partial charge on any atom is 0.426 e. The van der Waals surface area contributed by atoms with Gasteiger partial charge in [0.2, 0.25) is 6.10 Å². The van der Waals surface area contributed by atoms with Gasteiger partial charge in [-0.3, -0.25) is 4.79 Å². The summed E-state index contributed by atoms with van der Waals surface area (Å²) in [7, 11) is 0. The van der Waals surface area contributed by atoms with Crippen LogP contribution in [-0.4, -0.2) is 23.4 Å². The third-order valence-corrected chi connectivity index (χ3v) is 6.11. The van der Waals surface area contributed by atoms with Gasteiger partial charge in [-0.05, 0) is 68.1 Å². The summed E-state index contributed by atoms with van der Waals surface area (Å²) in [6.45, 7) is 0. The monoisotopic (exact) mass is 528 g/mol. The number of halogens is 6. The topological polar surface area (TPSA) is 55.8 Å². The first-order valence-electron chi connectivity index (χ1n) is 7.47. The highest BCUT2D eigenvalue weighted by atomic mass is 79.9. The lowest BCUT2D eigenvalue weighted by Crippen LogP contribution is -2.47. The Morgan fingerprint density at radius 3 is 2.52 bits per heavy atom. The number of carboxylic acid groups (broad SMARTS) is 1. The first-order valence-corrected chi connectivity index (χ1v) is 9.44. The molecule has 0 spiro atoms. The molecule has 0 aromatic heterocycles. The van der Waals surface area contributed by atoms with Crippen LogP contribution in [-0.2, 0) is 11.2 Å². The Kier molecular flexibility index (Phi) is 5.65. The number of carbonyl (C=O) groups is 1. The maximum absolute atomic E-state index is 13.2. The average molecular weight is 531 g/mol. The third kappa shape index (κ3) is 4.35. The Morgan fingerprint density at radius 1 is 1.22 bits per heavy atom. The van der Waals surface area contributed by atoms with Crippen LogP contribution in [0.5, 0.6) is 17.2 Å². The Hall–Kier alpha value is -1.45. The third-order valence-electron chi connectivity index (χ3n) is 3.93. The summed E-state index contributed by atoms with van der Waals surface area (Å²) in [5.74, 6) is -2.94. The molecular formula is C17H10Br2ClF3O4. The fraction of sp³-hybridized carbons (Fsp3) is 0.235. The lowest BCUT2D eigenvalue weighted by atomic mass is 9.90. The summed E-state index contributed by atoms with van der Waals surface area (Å²) < 4.78 is 51.7. The Morgan fingerprint density at radius 2 is 1.93 bits per heavy atom. The number of carboxylic acids is 1. The largest absolute Gasteiger partial charge is 0.481 e. The van der Waals surface area contributed by atoms with E-state index >= 15 is 0 Å². The molecule has 0 fully saturated rings. The van der Waals surface area contributed by atoms with E-state index in [2.05, 4.69) is 31.9 Å². The van der Waals surface area contributed by atoms with Crippen LogP contribution in [0.3, 0.4) is 0 Å². The van der Waals surface area contributed by atoms with Gasteiger partial charge in [0.05, 0.1) is 5.02 Å². The van der Waals surface area contributed by atoms with Crippen molar-refractivity contribution < 1.29 is 32.5 Å². The predicted molar refractivity (Wildman–Crippen MR) is 98.7 cm³/mol. The first-order chi connectivity index (χ1) is 12.6. The second-order valence-corrected chi connectivity index (χ2v) is 7.91. The minimum Gasteiger partial charge on any atom is -0.481 e. The summed E-state index contributed by atoms with van der Waals surface area (Å²) in [5.41, 5.74) is 0.275. The van der Waals surface area contributed by atoms with E-state index in [0.29, 0.717) is 10.2 Å². The number of rotatable bonds is 3. The van der Waals surface area contributed by atoms with Crippen molar-refractivity contribution in [2.24, 2.45) is 5.92 Å². The van der Waals surface area contributed by atoms with Crippen molar-refractivity contribution in [3.05, 3.63) is 49.9 Å².